The Morgan fingerprint density at radius 2 is 1.70 bits per heavy atom. The van der Waals surface area contributed by atoms with Crippen LogP contribution in [0.5, 0.6) is 0 Å². The Balaban J connectivity index is 2.08. The molecule has 5 atom stereocenters. The van der Waals surface area contributed by atoms with Crippen LogP contribution >= 0.6 is 0 Å². The fourth-order valence-electron chi connectivity index (χ4n) is 3.13. The molecule has 0 aliphatic rings. The van der Waals surface area contributed by atoms with Gasteiger partial charge in [0.1, 0.15) is 24.2 Å². The number of nitrogens with two attached hydrogens (primary N) is 1. The van der Waals surface area contributed by atoms with Crippen molar-refractivity contribution >= 4 is 34.6 Å². The van der Waals surface area contributed by atoms with E-state index in [4.69, 9.17) is 10.8 Å². The average Bonchev–Trinajstić information content (AvgIpc) is 3.18. The van der Waals surface area contributed by atoms with E-state index >= 15 is 0 Å². The van der Waals surface area contributed by atoms with Crippen LogP contribution in [0, 0.1) is 0 Å². The molecule has 2 aromatic rings. The van der Waals surface area contributed by atoms with E-state index in [2.05, 4.69) is 20.9 Å². The van der Waals surface area contributed by atoms with Crippen molar-refractivity contribution in [2.45, 2.75) is 50.5 Å². The van der Waals surface area contributed by atoms with Crippen molar-refractivity contribution in [3.8, 4) is 0 Å². The van der Waals surface area contributed by atoms with Crippen LogP contribution < -0.4 is 21.7 Å². The summed E-state index contributed by atoms with van der Waals surface area (Å²) in [7, 11) is 0. The fourth-order valence-corrected chi connectivity index (χ4v) is 3.13. The molecule has 0 radical (unpaired) electrons. The number of aromatic amines is 1. The van der Waals surface area contributed by atoms with Crippen LogP contribution in [0.2, 0.25) is 0 Å². The first-order valence-corrected chi connectivity index (χ1v) is 10.3. The lowest BCUT2D eigenvalue weighted by atomic mass is 10.0. The van der Waals surface area contributed by atoms with E-state index in [0.29, 0.717) is 5.56 Å². The molecule has 0 fully saturated rings. The summed E-state index contributed by atoms with van der Waals surface area (Å²) in [5.74, 6) is -3.78. The Kier molecular flexibility index (Phi) is 8.91. The van der Waals surface area contributed by atoms with Crippen LogP contribution in [0.4, 0.5) is 0 Å². The van der Waals surface area contributed by atoms with Gasteiger partial charge in [-0.1, -0.05) is 18.2 Å². The fraction of sp³-hybridized carbons (Fsp3) is 0.429. The number of aliphatic hydroxyl groups excluding tert-OH is 2. The number of carboxylic acid groups (broad SMARTS) is 1. The van der Waals surface area contributed by atoms with Crippen LogP contribution in [0.25, 0.3) is 10.9 Å². The highest BCUT2D eigenvalue weighted by molar-refractivity contribution is 5.94. The first kappa shape index (κ1) is 25.8. The van der Waals surface area contributed by atoms with Crippen LogP contribution in [0.3, 0.4) is 0 Å². The third-order valence-electron chi connectivity index (χ3n) is 5.06. The van der Waals surface area contributed by atoms with E-state index in [-0.39, 0.29) is 6.42 Å². The molecule has 180 valence electrons. The first-order chi connectivity index (χ1) is 15.5. The van der Waals surface area contributed by atoms with Gasteiger partial charge in [0.2, 0.25) is 17.7 Å². The van der Waals surface area contributed by atoms with Gasteiger partial charge in [0, 0.05) is 23.5 Å². The van der Waals surface area contributed by atoms with Crippen molar-refractivity contribution in [3.05, 3.63) is 36.0 Å². The summed E-state index contributed by atoms with van der Waals surface area (Å²) in [6, 6.07) is 2.12. The molecule has 1 heterocycles. The number of amides is 3. The zero-order chi connectivity index (χ0) is 24.7. The molecule has 12 nitrogen and oxygen atoms in total. The summed E-state index contributed by atoms with van der Waals surface area (Å²) >= 11 is 0. The van der Waals surface area contributed by atoms with E-state index in [9.17, 15) is 29.4 Å². The molecule has 0 aliphatic heterocycles. The van der Waals surface area contributed by atoms with Gasteiger partial charge in [-0.25, -0.2) is 4.79 Å². The minimum Gasteiger partial charge on any atom is -0.480 e. The average molecular weight is 463 g/mol. The highest BCUT2D eigenvalue weighted by Gasteiger charge is 2.31. The molecule has 33 heavy (non-hydrogen) atoms. The lowest BCUT2D eigenvalue weighted by Crippen LogP contribution is -2.59. The molecule has 9 N–H and O–H groups in total. The molecule has 5 unspecified atom stereocenters. The zero-order valence-corrected chi connectivity index (χ0v) is 18.2. The molecule has 0 bridgehead atoms. The molecule has 0 saturated carbocycles. The minimum atomic E-state index is -1.48. The van der Waals surface area contributed by atoms with Crippen molar-refractivity contribution in [2.75, 3.05) is 6.61 Å². The topological polar surface area (TPSA) is 207 Å². The zero-order valence-electron chi connectivity index (χ0n) is 18.2. The van der Waals surface area contributed by atoms with Gasteiger partial charge in [-0.3, -0.25) is 14.4 Å². The van der Waals surface area contributed by atoms with Crippen molar-refractivity contribution < 1.29 is 34.5 Å². The molecular formula is C21H29N5O7. The van der Waals surface area contributed by atoms with Crippen molar-refractivity contribution in [1.82, 2.24) is 20.9 Å². The molecule has 2 rings (SSSR count). The van der Waals surface area contributed by atoms with Gasteiger partial charge in [0.05, 0.1) is 12.7 Å². The predicted octanol–water partition coefficient (Wildman–Crippen LogP) is -2.03. The summed E-state index contributed by atoms with van der Waals surface area (Å²) < 4.78 is 0. The van der Waals surface area contributed by atoms with Crippen molar-refractivity contribution in [3.63, 3.8) is 0 Å². The van der Waals surface area contributed by atoms with E-state index in [1.54, 1.807) is 12.3 Å². The number of para-hydroxylation sites is 1. The van der Waals surface area contributed by atoms with Gasteiger partial charge < -0.3 is 42.0 Å². The second-order valence-electron chi connectivity index (χ2n) is 7.71. The van der Waals surface area contributed by atoms with E-state index in [1.807, 2.05) is 18.2 Å². The number of carbonyl (C=O) groups excluding carboxylic acids is 3. The predicted molar refractivity (Wildman–Crippen MR) is 118 cm³/mol. The number of H-pyrrole nitrogens is 1. The maximum Gasteiger partial charge on any atom is 0.326 e. The van der Waals surface area contributed by atoms with E-state index < -0.39 is 60.6 Å². The quantitative estimate of drug-likeness (QED) is 0.186. The third-order valence-corrected chi connectivity index (χ3v) is 5.06. The molecule has 0 saturated heterocycles. The molecule has 1 aromatic heterocycles. The van der Waals surface area contributed by atoms with Gasteiger partial charge in [0.25, 0.3) is 0 Å². The standard InChI is InChI=1S/C21H29N5O7/c1-10(24-19(30)14(22)9-27)18(29)26-17(11(2)28)20(31)25-16(21(32)33)7-12-8-23-15-6-4-3-5-13(12)15/h3-6,8,10-11,14,16-17,23,27-28H,7,9,22H2,1-2H3,(H,24,30)(H,25,31)(H,26,29)(H,32,33). The maximum atomic E-state index is 12.7. The maximum absolute atomic E-state index is 12.7. The largest absolute Gasteiger partial charge is 0.480 e. The second-order valence-corrected chi connectivity index (χ2v) is 7.71. The Labute approximate surface area is 189 Å². The van der Waals surface area contributed by atoms with Gasteiger partial charge in [-0.05, 0) is 25.5 Å². The van der Waals surface area contributed by atoms with Crippen molar-refractivity contribution in [1.29, 1.82) is 0 Å². The van der Waals surface area contributed by atoms with Gasteiger partial charge in [0.15, 0.2) is 0 Å². The molecule has 0 aliphatic carbocycles. The lowest BCUT2D eigenvalue weighted by molar-refractivity contribution is -0.143. The van der Waals surface area contributed by atoms with E-state index in [1.165, 1.54) is 13.8 Å². The monoisotopic (exact) mass is 463 g/mol. The summed E-state index contributed by atoms with van der Waals surface area (Å²) in [6.07, 6.45) is 0.262. The molecular weight excluding hydrogens is 434 g/mol. The van der Waals surface area contributed by atoms with Gasteiger partial charge in [-0.15, -0.1) is 0 Å². The number of aliphatic carboxylic acids is 1. The normalized spacial score (nSPS) is 15.7. The van der Waals surface area contributed by atoms with Gasteiger partial charge in [-0.2, -0.15) is 0 Å². The Bertz CT molecular complexity index is 1010. The van der Waals surface area contributed by atoms with Gasteiger partial charge >= 0.3 is 5.97 Å². The first-order valence-electron chi connectivity index (χ1n) is 10.3. The van der Waals surface area contributed by atoms with Crippen LogP contribution in [-0.2, 0) is 25.6 Å². The molecule has 3 amide bonds. The third kappa shape index (κ3) is 6.75. The second kappa shape index (κ2) is 11.4. The number of benzene rings is 1. The Morgan fingerprint density at radius 3 is 2.30 bits per heavy atom. The lowest BCUT2D eigenvalue weighted by Gasteiger charge is -2.25. The smallest absolute Gasteiger partial charge is 0.326 e. The molecule has 1 aromatic carbocycles. The number of carboxylic acids is 1. The number of fused-ring (bicyclic) bond motifs is 1. The highest BCUT2D eigenvalue weighted by Crippen LogP contribution is 2.19. The number of nitrogens with one attached hydrogen (secondary N) is 4. The number of rotatable bonds is 11. The van der Waals surface area contributed by atoms with Crippen LogP contribution in [-0.4, -0.2) is 80.9 Å². The number of aromatic nitrogens is 1. The van der Waals surface area contributed by atoms with E-state index in [0.717, 1.165) is 10.9 Å². The Morgan fingerprint density at radius 1 is 1.03 bits per heavy atom. The number of carbonyl (C=O) groups is 4. The number of aliphatic hydroxyl groups is 2. The van der Waals surface area contributed by atoms with Crippen LogP contribution in [0.15, 0.2) is 30.5 Å². The SMILES string of the molecule is CC(NC(=O)C(N)CO)C(=O)NC(C(=O)NC(Cc1c[nH]c2ccccc12)C(=O)O)C(C)O. The number of hydrogen-bond acceptors (Lipinski definition) is 7. The molecule has 0 spiro atoms. The summed E-state index contributed by atoms with van der Waals surface area (Å²) in [5.41, 5.74) is 6.87. The number of hydrogen-bond donors (Lipinski definition) is 8. The minimum absolute atomic E-state index is 0.0307. The highest BCUT2D eigenvalue weighted by atomic mass is 16.4. The molecule has 12 heteroatoms. The van der Waals surface area contributed by atoms with Crippen LogP contribution in [0.1, 0.15) is 19.4 Å². The summed E-state index contributed by atoms with van der Waals surface area (Å²) in [4.78, 5) is 51.7. The summed E-state index contributed by atoms with van der Waals surface area (Å²) in [5, 5.41) is 36.2. The Hall–Kier alpha value is -3.48. The van der Waals surface area contributed by atoms with Crippen molar-refractivity contribution in [2.24, 2.45) is 5.73 Å². The summed E-state index contributed by atoms with van der Waals surface area (Å²) in [6.45, 7) is 1.96.